The van der Waals surface area contributed by atoms with Crippen LogP contribution in [0.5, 0.6) is 0 Å². The zero-order valence-corrected chi connectivity index (χ0v) is 11.4. The monoisotopic (exact) mass is 271 g/mol. The zero-order valence-electron chi connectivity index (χ0n) is 11.4. The molecule has 1 saturated heterocycles. The first-order valence-corrected chi connectivity index (χ1v) is 6.73. The molecule has 1 aromatic heterocycles. The lowest BCUT2D eigenvalue weighted by atomic mass is 10.1. The molecule has 0 radical (unpaired) electrons. The third-order valence-corrected chi connectivity index (χ3v) is 3.42. The Balaban J connectivity index is 1.81. The Bertz CT molecular complexity index is 615. The molecule has 0 saturated carbocycles. The van der Waals surface area contributed by atoms with Gasteiger partial charge >= 0.3 is 0 Å². The number of H-pyrrole nitrogens is 1. The van der Waals surface area contributed by atoms with Gasteiger partial charge < -0.3 is 9.64 Å². The summed E-state index contributed by atoms with van der Waals surface area (Å²) in [5.74, 6) is -0.0142. The second-order valence-electron chi connectivity index (χ2n) is 4.94. The average molecular weight is 271 g/mol. The fraction of sp³-hybridized carbons (Fsp3) is 0.333. The molecule has 2 heterocycles. The van der Waals surface area contributed by atoms with Crippen LogP contribution in [0.2, 0.25) is 0 Å². The molecule has 1 N–H and O–H groups in total. The molecule has 0 aliphatic carbocycles. The van der Waals surface area contributed by atoms with Crippen LogP contribution in [0.3, 0.4) is 0 Å². The Morgan fingerprint density at radius 1 is 1.30 bits per heavy atom. The van der Waals surface area contributed by atoms with E-state index in [2.05, 4.69) is 16.3 Å². The van der Waals surface area contributed by atoms with Crippen LogP contribution >= 0.6 is 0 Å². The highest BCUT2D eigenvalue weighted by Gasteiger charge is 2.20. The minimum atomic E-state index is -0.0142. The summed E-state index contributed by atoms with van der Waals surface area (Å²) in [5.41, 5.74) is 3.52. The molecule has 1 aromatic carbocycles. The molecule has 2 aromatic rings. The van der Waals surface area contributed by atoms with Crippen molar-refractivity contribution in [3.8, 4) is 11.3 Å². The van der Waals surface area contributed by atoms with Crippen molar-refractivity contribution >= 4 is 5.91 Å². The smallest absolute Gasteiger partial charge is 0.272 e. The number of aromatic nitrogens is 2. The largest absolute Gasteiger partial charge is 0.378 e. The number of nitrogens with one attached hydrogen (secondary N) is 1. The van der Waals surface area contributed by atoms with Gasteiger partial charge in [-0.2, -0.15) is 5.10 Å². The van der Waals surface area contributed by atoms with E-state index in [0.717, 1.165) is 11.3 Å². The summed E-state index contributed by atoms with van der Waals surface area (Å²) < 4.78 is 5.25. The third kappa shape index (κ3) is 2.58. The first-order chi connectivity index (χ1) is 9.74. The molecular formula is C15H17N3O2. The number of aryl methyl sites for hydroxylation is 1. The van der Waals surface area contributed by atoms with Crippen molar-refractivity contribution < 1.29 is 9.53 Å². The van der Waals surface area contributed by atoms with Gasteiger partial charge in [0.15, 0.2) is 0 Å². The molecule has 3 rings (SSSR count). The van der Waals surface area contributed by atoms with Gasteiger partial charge in [-0.25, -0.2) is 0 Å². The summed E-state index contributed by atoms with van der Waals surface area (Å²) in [6, 6.07) is 9.89. The number of nitrogens with zero attached hydrogens (tertiary/aromatic N) is 2. The Labute approximate surface area is 117 Å². The van der Waals surface area contributed by atoms with Gasteiger partial charge in [-0.3, -0.25) is 9.89 Å². The molecule has 1 aliphatic heterocycles. The zero-order chi connectivity index (χ0) is 13.9. The molecule has 5 heteroatoms. The molecule has 0 atom stereocenters. The van der Waals surface area contributed by atoms with Crippen molar-refractivity contribution in [1.82, 2.24) is 15.1 Å². The van der Waals surface area contributed by atoms with E-state index >= 15 is 0 Å². The first kappa shape index (κ1) is 12.9. The molecule has 20 heavy (non-hydrogen) atoms. The number of carbonyl (C=O) groups is 1. The quantitative estimate of drug-likeness (QED) is 0.907. The second kappa shape index (κ2) is 5.46. The summed E-state index contributed by atoms with van der Waals surface area (Å²) in [7, 11) is 0. The van der Waals surface area contributed by atoms with Crippen molar-refractivity contribution in [2.45, 2.75) is 6.92 Å². The van der Waals surface area contributed by atoms with Crippen LogP contribution in [0.15, 0.2) is 30.3 Å². The van der Waals surface area contributed by atoms with Crippen LogP contribution in [0.1, 0.15) is 16.1 Å². The number of benzene rings is 1. The van der Waals surface area contributed by atoms with Crippen molar-refractivity contribution in [2.75, 3.05) is 26.3 Å². The van der Waals surface area contributed by atoms with Gasteiger partial charge in [0.2, 0.25) is 0 Å². The van der Waals surface area contributed by atoms with E-state index in [1.165, 1.54) is 5.56 Å². The summed E-state index contributed by atoms with van der Waals surface area (Å²) in [6.07, 6.45) is 0. The van der Waals surface area contributed by atoms with Crippen LogP contribution < -0.4 is 0 Å². The highest BCUT2D eigenvalue weighted by atomic mass is 16.5. The molecule has 1 aliphatic rings. The van der Waals surface area contributed by atoms with E-state index < -0.39 is 0 Å². The lowest BCUT2D eigenvalue weighted by Crippen LogP contribution is -2.40. The van der Waals surface area contributed by atoms with Gasteiger partial charge in [0.05, 0.1) is 18.9 Å². The van der Waals surface area contributed by atoms with E-state index in [1.54, 1.807) is 4.90 Å². The average Bonchev–Trinajstić information content (AvgIpc) is 2.97. The summed E-state index contributed by atoms with van der Waals surface area (Å²) in [5, 5.41) is 7.08. The SMILES string of the molecule is Cc1cccc(-c2cc(C(=O)N3CCOCC3)[nH]n2)c1. The first-order valence-electron chi connectivity index (χ1n) is 6.73. The number of amides is 1. The Morgan fingerprint density at radius 2 is 2.10 bits per heavy atom. The molecule has 0 bridgehead atoms. The molecule has 0 unspecified atom stereocenters. The second-order valence-corrected chi connectivity index (χ2v) is 4.94. The fourth-order valence-corrected chi connectivity index (χ4v) is 2.32. The Kier molecular flexibility index (Phi) is 3.52. The van der Waals surface area contributed by atoms with Gasteiger partial charge in [0.25, 0.3) is 5.91 Å². The Morgan fingerprint density at radius 3 is 2.85 bits per heavy atom. The highest BCUT2D eigenvalue weighted by Crippen LogP contribution is 2.19. The van der Waals surface area contributed by atoms with Crippen LogP contribution in [-0.4, -0.2) is 47.3 Å². The molecule has 0 spiro atoms. The van der Waals surface area contributed by atoms with E-state index in [-0.39, 0.29) is 5.91 Å². The summed E-state index contributed by atoms with van der Waals surface area (Å²) >= 11 is 0. The predicted octanol–water partition coefficient (Wildman–Crippen LogP) is 1.86. The number of morpholine rings is 1. The standard InChI is InChI=1S/C15H17N3O2/c1-11-3-2-4-12(9-11)13-10-14(17-16-13)15(19)18-5-7-20-8-6-18/h2-4,9-10H,5-8H2,1H3,(H,16,17). The lowest BCUT2D eigenvalue weighted by molar-refractivity contribution is 0.0299. The van der Waals surface area contributed by atoms with E-state index in [9.17, 15) is 4.79 Å². The van der Waals surface area contributed by atoms with E-state index in [4.69, 9.17) is 4.74 Å². The van der Waals surface area contributed by atoms with Gasteiger partial charge in [0, 0.05) is 18.7 Å². The van der Waals surface area contributed by atoms with Gasteiger partial charge in [-0.05, 0) is 19.1 Å². The van der Waals surface area contributed by atoms with Crippen molar-refractivity contribution in [3.05, 3.63) is 41.6 Å². The highest BCUT2D eigenvalue weighted by molar-refractivity contribution is 5.93. The maximum Gasteiger partial charge on any atom is 0.272 e. The number of rotatable bonds is 2. The summed E-state index contributed by atoms with van der Waals surface area (Å²) in [4.78, 5) is 14.1. The van der Waals surface area contributed by atoms with E-state index in [1.807, 2.05) is 31.2 Å². The van der Waals surface area contributed by atoms with Crippen LogP contribution in [0.25, 0.3) is 11.3 Å². The topological polar surface area (TPSA) is 58.2 Å². The number of ether oxygens (including phenoxy) is 1. The molecule has 1 fully saturated rings. The molecule has 5 nitrogen and oxygen atoms in total. The number of hydrogen-bond donors (Lipinski definition) is 1. The van der Waals surface area contributed by atoms with E-state index in [0.29, 0.717) is 32.0 Å². The maximum absolute atomic E-state index is 12.3. The van der Waals surface area contributed by atoms with Crippen molar-refractivity contribution in [3.63, 3.8) is 0 Å². The van der Waals surface area contributed by atoms with Gasteiger partial charge in [0.1, 0.15) is 5.69 Å². The molecule has 104 valence electrons. The number of aromatic amines is 1. The normalized spacial score (nSPS) is 15.3. The third-order valence-electron chi connectivity index (χ3n) is 3.42. The fourth-order valence-electron chi connectivity index (χ4n) is 2.32. The van der Waals surface area contributed by atoms with Gasteiger partial charge in [-0.1, -0.05) is 23.8 Å². The minimum absolute atomic E-state index is 0.0142. The Hall–Kier alpha value is -2.14. The van der Waals surface area contributed by atoms with Crippen LogP contribution in [0, 0.1) is 6.92 Å². The number of carbonyl (C=O) groups excluding carboxylic acids is 1. The van der Waals surface area contributed by atoms with Crippen molar-refractivity contribution in [2.24, 2.45) is 0 Å². The van der Waals surface area contributed by atoms with Crippen molar-refractivity contribution in [1.29, 1.82) is 0 Å². The lowest BCUT2D eigenvalue weighted by Gasteiger charge is -2.26. The van der Waals surface area contributed by atoms with Gasteiger partial charge in [-0.15, -0.1) is 0 Å². The maximum atomic E-state index is 12.3. The number of hydrogen-bond acceptors (Lipinski definition) is 3. The van der Waals surface area contributed by atoms with Crippen LogP contribution in [0.4, 0.5) is 0 Å². The van der Waals surface area contributed by atoms with Crippen LogP contribution in [-0.2, 0) is 4.74 Å². The predicted molar refractivity (Wildman–Crippen MR) is 75.5 cm³/mol. The molecular weight excluding hydrogens is 254 g/mol. The minimum Gasteiger partial charge on any atom is -0.378 e. The molecule has 1 amide bonds. The summed E-state index contributed by atoms with van der Waals surface area (Å²) in [6.45, 7) is 4.51.